The average molecular weight is 334 g/mol. The molecular formula is C15H12BrNO3. The van der Waals surface area contributed by atoms with Gasteiger partial charge in [-0.15, -0.1) is 0 Å². The lowest BCUT2D eigenvalue weighted by Crippen LogP contribution is -2.33. The van der Waals surface area contributed by atoms with Gasteiger partial charge in [0.2, 0.25) is 0 Å². The molecule has 2 N–H and O–H groups in total. The fraction of sp³-hybridized carbons (Fsp3) is 0.0667. The number of halogens is 1. The summed E-state index contributed by atoms with van der Waals surface area (Å²) in [5.74, 6) is -1.53. The molecule has 0 saturated carbocycles. The molecule has 2 aromatic carbocycles. The van der Waals surface area contributed by atoms with Crippen LogP contribution in [0.4, 0.5) is 0 Å². The number of carbonyl (C=O) groups excluding carboxylic acids is 1. The molecule has 0 heterocycles. The Hall–Kier alpha value is -2.14. The minimum atomic E-state index is -1.10. The van der Waals surface area contributed by atoms with Crippen LogP contribution in [0.25, 0.3) is 0 Å². The lowest BCUT2D eigenvalue weighted by molar-refractivity contribution is -0.139. The van der Waals surface area contributed by atoms with Crippen molar-refractivity contribution in [1.82, 2.24) is 5.32 Å². The molecule has 0 aliphatic rings. The highest BCUT2D eigenvalue weighted by Crippen LogP contribution is 2.16. The predicted molar refractivity (Wildman–Crippen MR) is 78.4 cm³/mol. The topological polar surface area (TPSA) is 66.4 Å². The van der Waals surface area contributed by atoms with Crippen LogP contribution in [0.1, 0.15) is 22.0 Å². The third-order valence-corrected chi connectivity index (χ3v) is 3.24. The third kappa shape index (κ3) is 3.45. The Morgan fingerprint density at radius 1 is 1.05 bits per heavy atom. The number of rotatable bonds is 4. The summed E-state index contributed by atoms with van der Waals surface area (Å²) in [6.45, 7) is 0. The van der Waals surface area contributed by atoms with Gasteiger partial charge in [-0.05, 0) is 23.8 Å². The minimum absolute atomic E-state index is 0.404. The second kappa shape index (κ2) is 6.34. The molecule has 0 saturated heterocycles. The molecule has 102 valence electrons. The number of carboxylic acids is 1. The average Bonchev–Trinajstić information content (AvgIpc) is 2.45. The Bertz CT molecular complexity index is 628. The zero-order valence-electron chi connectivity index (χ0n) is 10.4. The maximum atomic E-state index is 12.1. The summed E-state index contributed by atoms with van der Waals surface area (Å²) >= 11 is 3.27. The van der Waals surface area contributed by atoms with Crippen molar-refractivity contribution in [2.24, 2.45) is 0 Å². The Morgan fingerprint density at radius 2 is 1.75 bits per heavy atom. The van der Waals surface area contributed by atoms with Crippen molar-refractivity contribution in [1.29, 1.82) is 0 Å². The molecule has 4 nitrogen and oxygen atoms in total. The Labute approximate surface area is 124 Å². The first-order valence-electron chi connectivity index (χ1n) is 5.92. The number of hydrogen-bond acceptors (Lipinski definition) is 2. The van der Waals surface area contributed by atoms with Crippen LogP contribution >= 0.6 is 15.9 Å². The van der Waals surface area contributed by atoms with E-state index in [2.05, 4.69) is 21.2 Å². The molecular weight excluding hydrogens is 322 g/mol. The maximum Gasteiger partial charge on any atom is 0.330 e. The van der Waals surface area contributed by atoms with Gasteiger partial charge in [0, 0.05) is 10.0 Å². The van der Waals surface area contributed by atoms with E-state index in [1.807, 2.05) is 0 Å². The van der Waals surface area contributed by atoms with Gasteiger partial charge in [0.25, 0.3) is 5.91 Å². The van der Waals surface area contributed by atoms with Crippen LogP contribution in [0.15, 0.2) is 59.1 Å². The number of carbonyl (C=O) groups is 2. The highest BCUT2D eigenvalue weighted by atomic mass is 79.9. The van der Waals surface area contributed by atoms with Crippen molar-refractivity contribution >= 4 is 27.8 Å². The molecule has 2 aromatic rings. The first kappa shape index (κ1) is 14.3. The molecule has 0 fully saturated rings. The van der Waals surface area contributed by atoms with Gasteiger partial charge in [0.05, 0.1) is 0 Å². The van der Waals surface area contributed by atoms with Crippen molar-refractivity contribution in [2.75, 3.05) is 0 Å². The summed E-state index contributed by atoms with van der Waals surface area (Å²) in [6.07, 6.45) is 0. The van der Waals surface area contributed by atoms with E-state index in [9.17, 15) is 14.7 Å². The number of hydrogen-bond donors (Lipinski definition) is 2. The van der Waals surface area contributed by atoms with Crippen LogP contribution < -0.4 is 5.32 Å². The van der Waals surface area contributed by atoms with Gasteiger partial charge in [-0.1, -0.05) is 52.3 Å². The molecule has 0 spiro atoms. The van der Waals surface area contributed by atoms with Gasteiger partial charge in [-0.3, -0.25) is 4.79 Å². The summed E-state index contributed by atoms with van der Waals surface area (Å²) < 4.78 is 0.761. The van der Waals surface area contributed by atoms with Gasteiger partial charge >= 0.3 is 5.97 Å². The van der Waals surface area contributed by atoms with Crippen molar-refractivity contribution in [3.63, 3.8) is 0 Å². The van der Waals surface area contributed by atoms with Gasteiger partial charge in [0.1, 0.15) is 0 Å². The van der Waals surface area contributed by atoms with E-state index >= 15 is 0 Å². The molecule has 5 heteroatoms. The molecule has 0 aliphatic heterocycles. The van der Waals surface area contributed by atoms with Crippen LogP contribution in [0.5, 0.6) is 0 Å². The molecule has 0 bridgehead atoms. The fourth-order valence-electron chi connectivity index (χ4n) is 1.78. The van der Waals surface area contributed by atoms with Gasteiger partial charge in [0.15, 0.2) is 6.04 Å². The standard InChI is InChI=1S/C15H12BrNO3/c16-12-8-4-7-11(9-12)14(18)17-13(15(19)20)10-5-2-1-3-6-10/h1-9,13H,(H,17,18)(H,19,20)/t13-/m1/s1. The molecule has 0 unspecified atom stereocenters. The highest BCUT2D eigenvalue weighted by molar-refractivity contribution is 9.10. The lowest BCUT2D eigenvalue weighted by Gasteiger charge is -2.15. The van der Waals surface area contributed by atoms with E-state index in [-0.39, 0.29) is 0 Å². The minimum Gasteiger partial charge on any atom is -0.479 e. The number of benzene rings is 2. The van der Waals surface area contributed by atoms with E-state index in [0.717, 1.165) is 4.47 Å². The first-order valence-corrected chi connectivity index (χ1v) is 6.71. The monoisotopic (exact) mass is 333 g/mol. The second-order valence-corrected chi connectivity index (χ2v) is 5.08. The molecule has 0 radical (unpaired) electrons. The summed E-state index contributed by atoms with van der Waals surface area (Å²) in [6, 6.07) is 14.3. The van der Waals surface area contributed by atoms with E-state index in [4.69, 9.17) is 0 Å². The van der Waals surface area contributed by atoms with Crippen molar-refractivity contribution in [3.05, 3.63) is 70.2 Å². The number of carboxylic acid groups (broad SMARTS) is 1. The van der Waals surface area contributed by atoms with Crippen LogP contribution in [0.3, 0.4) is 0 Å². The molecule has 1 amide bonds. The van der Waals surface area contributed by atoms with Crippen molar-refractivity contribution in [3.8, 4) is 0 Å². The summed E-state index contributed by atoms with van der Waals surface area (Å²) in [4.78, 5) is 23.4. The van der Waals surface area contributed by atoms with E-state index in [1.165, 1.54) is 0 Å². The molecule has 0 aromatic heterocycles. The first-order chi connectivity index (χ1) is 9.58. The van der Waals surface area contributed by atoms with Crippen molar-refractivity contribution < 1.29 is 14.7 Å². The zero-order chi connectivity index (χ0) is 14.5. The van der Waals surface area contributed by atoms with Crippen LogP contribution in [0, 0.1) is 0 Å². The smallest absolute Gasteiger partial charge is 0.330 e. The lowest BCUT2D eigenvalue weighted by atomic mass is 10.1. The van der Waals surface area contributed by atoms with Gasteiger partial charge < -0.3 is 10.4 Å². The quantitative estimate of drug-likeness (QED) is 0.903. The van der Waals surface area contributed by atoms with Gasteiger partial charge in [-0.2, -0.15) is 0 Å². The Kier molecular flexibility index (Phi) is 4.53. The molecule has 1 atom stereocenters. The number of amides is 1. The maximum absolute atomic E-state index is 12.1. The van der Waals surface area contributed by atoms with E-state index in [1.54, 1.807) is 54.6 Å². The fourth-order valence-corrected chi connectivity index (χ4v) is 2.18. The molecule has 0 aliphatic carbocycles. The van der Waals surface area contributed by atoms with E-state index in [0.29, 0.717) is 11.1 Å². The molecule has 2 rings (SSSR count). The predicted octanol–water partition coefficient (Wildman–Crippen LogP) is 3.00. The van der Waals surface area contributed by atoms with E-state index < -0.39 is 17.9 Å². The van der Waals surface area contributed by atoms with Crippen molar-refractivity contribution in [2.45, 2.75) is 6.04 Å². The zero-order valence-corrected chi connectivity index (χ0v) is 12.0. The number of nitrogens with one attached hydrogen (secondary N) is 1. The molecule has 20 heavy (non-hydrogen) atoms. The SMILES string of the molecule is O=C(N[C@@H](C(=O)O)c1ccccc1)c1cccc(Br)c1. The normalized spacial score (nSPS) is 11.7. The van der Waals surface area contributed by atoms with Crippen LogP contribution in [-0.2, 0) is 4.79 Å². The van der Waals surface area contributed by atoms with Crippen LogP contribution in [0.2, 0.25) is 0 Å². The van der Waals surface area contributed by atoms with Gasteiger partial charge in [-0.25, -0.2) is 4.79 Å². The Balaban J connectivity index is 2.21. The summed E-state index contributed by atoms with van der Waals surface area (Å²) in [5, 5.41) is 11.8. The largest absolute Gasteiger partial charge is 0.479 e. The summed E-state index contributed by atoms with van der Waals surface area (Å²) in [5.41, 5.74) is 0.935. The number of aliphatic carboxylic acids is 1. The second-order valence-electron chi connectivity index (χ2n) is 4.17. The third-order valence-electron chi connectivity index (χ3n) is 2.74. The summed E-state index contributed by atoms with van der Waals surface area (Å²) in [7, 11) is 0. The highest BCUT2D eigenvalue weighted by Gasteiger charge is 2.22. The van der Waals surface area contributed by atoms with Crippen LogP contribution in [-0.4, -0.2) is 17.0 Å². The Morgan fingerprint density at radius 3 is 2.35 bits per heavy atom.